The normalized spacial score (nSPS) is 10.1. The molecule has 3 nitrogen and oxygen atoms in total. The van der Waals surface area contributed by atoms with E-state index in [1.165, 1.54) is 22.5 Å². The molecule has 0 fully saturated rings. The van der Waals surface area contributed by atoms with E-state index in [4.69, 9.17) is 0 Å². The van der Waals surface area contributed by atoms with Crippen LogP contribution in [0.15, 0.2) is 60.9 Å². The number of nitrogens with zero attached hydrogens (tertiary/aromatic N) is 3. The largest absolute Gasteiger partial charge is 1.00 e. The van der Waals surface area contributed by atoms with Crippen LogP contribution in [0.25, 0.3) is 22.5 Å². The molecule has 4 heteroatoms. The maximum Gasteiger partial charge on any atom is 0.238 e. The van der Waals surface area contributed by atoms with Gasteiger partial charge in [0, 0.05) is 29.6 Å². The number of pyridine rings is 1. The van der Waals surface area contributed by atoms with E-state index in [1.54, 1.807) is 0 Å². The van der Waals surface area contributed by atoms with Crippen molar-refractivity contribution in [2.24, 2.45) is 14.1 Å². The third-order valence-electron chi connectivity index (χ3n) is 3.47. The lowest BCUT2D eigenvalue weighted by atomic mass is 10.1. The van der Waals surface area contributed by atoms with E-state index in [0.29, 0.717) is 0 Å². The van der Waals surface area contributed by atoms with Crippen molar-refractivity contribution < 1.29 is 28.7 Å². The van der Waals surface area contributed by atoms with Crippen molar-refractivity contribution in [3.8, 4) is 22.5 Å². The predicted octanol–water partition coefficient (Wildman–Crippen LogP) is -0.417. The fraction of sp³-hybridized carbons (Fsp3) is 0.125. The van der Waals surface area contributed by atoms with E-state index in [2.05, 4.69) is 58.8 Å². The monoisotopic (exact) mass is 377 g/mol. The minimum absolute atomic E-state index is 0. The minimum Gasteiger partial charge on any atom is -1.00 e. The SMILES string of the molecule is Cn1c(-c2ccncc2)cc(-c2ccccc2)[n+]1C.[I-]. The van der Waals surface area contributed by atoms with E-state index in [9.17, 15) is 0 Å². The van der Waals surface area contributed by atoms with Crippen LogP contribution in [0.3, 0.4) is 0 Å². The fourth-order valence-electron chi connectivity index (χ4n) is 2.31. The van der Waals surface area contributed by atoms with Gasteiger partial charge in [0.2, 0.25) is 5.69 Å². The van der Waals surface area contributed by atoms with Gasteiger partial charge in [-0.15, -0.1) is 4.68 Å². The summed E-state index contributed by atoms with van der Waals surface area (Å²) in [6, 6.07) is 16.7. The van der Waals surface area contributed by atoms with Crippen LogP contribution in [0.4, 0.5) is 0 Å². The van der Waals surface area contributed by atoms with Crippen molar-refractivity contribution in [3.63, 3.8) is 0 Å². The molecular formula is C16H16IN3. The summed E-state index contributed by atoms with van der Waals surface area (Å²) in [4.78, 5) is 4.07. The van der Waals surface area contributed by atoms with E-state index < -0.39 is 0 Å². The zero-order valence-corrected chi connectivity index (χ0v) is 13.7. The van der Waals surface area contributed by atoms with Crippen LogP contribution in [0.1, 0.15) is 0 Å². The standard InChI is InChI=1S/C16H16N3.HI/c1-18-15(13-6-4-3-5-7-13)12-16(19(18)2)14-8-10-17-11-9-14;/h3-12H,1-2H3;1H/q+1;/p-1. The highest BCUT2D eigenvalue weighted by molar-refractivity contribution is 5.66. The van der Waals surface area contributed by atoms with Crippen LogP contribution < -0.4 is 28.7 Å². The van der Waals surface area contributed by atoms with Gasteiger partial charge in [-0.05, 0) is 24.3 Å². The number of rotatable bonds is 2. The van der Waals surface area contributed by atoms with Crippen LogP contribution in [-0.2, 0) is 14.1 Å². The quantitative estimate of drug-likeness (QED) is 0.440. The molecule has 3 rings (SSSR count). The lowest BCUT2D eigenvalue weighted by Gasteiger charge is -1.99. The molecule has 0 N–H and O–H groups in total. The fourth-order valence-corrected chi connectivity index (χ4v) is 2.31. The van der Waals surface area contributed by atoms with Crippen molar-refractivity contribution in [2.45, 2.75) is 0 Å². The third kappa shape index (κ3) is 2.60. The summed E-state index contributed by atoms with van der Waals surface area (Å²) in [6.45, 7) is 0. The highest BCUT2D eigenvalue weighted by atomic mass is 127. The Labute approximate surface area is 135 Å². The molecule has 0 radical (unpaired) electrons. The predicted molar refractivity (Wildman–Crippen MR) is 75.3 cm³/mol. The molecule has 0 saturated carbocycles. The van der Waals surface area contributed by atoms with Gasteiger partial charge < -0.3 is 24.0 Å². The molecule has 0 spiro atoms. The first-order valence-corrected chi connectivity index (χ1v) is 6.29. The molecule has 0 aliphatic rings. The number of aromatic nitrogens is 3. The Bertz CT molecular complexity index is 631. The molecule has 0 saturated heterocycles. The van der Waals surface area contributed by atoms with Crippen molar-refractivity contribution >= 4 is 0 Å². The summed E-state index contributed by atoms with van der Waals surface area (Å²) in [5.74, 6) is 0. The van der Waals surface area contributed by atoms with Gasteiger partial charge in [0.15, 0.2) is 7.05 Å². The zero-order chi connectivity index (χ0) is 13.2. The summed E-state index contributed by atoms with van der Waals surface area (Å²) in [6.07, 6.45) is 3.65. The molecule has 2 aromatic heterocycles. The van der Waals surface area contributed by atoms with Gasteiger partial charge in [0.05, 0.1) is 7.05 Å². The average Bonchev–Trinajstić information content (AvgIpc) is 2.77. The molecular weight excluding hydrogens is 361 g/mol. The summed E-state index contributed by atoms with van der Waals surface area (Å²) in [7, 11) is 4.15. The van der Waals surface area contributed by atoms with Gasteiger partial charge in [-0.3, -0.25) is 4.98 Å². The average molecular weight is 377 g/mol. The summed E-state index contributed by atoms with van der Waals surface area (Å²) < 4.78 is 4.31. The summed E-state index contributed by atoms with van der Waals surface area (Å²) in [5, 5.41) is 0. The summed E-state index contributed by atoms with van der Waals surface area (Å²) >= 11 is 0. The first-order valence-electron chi connectivity index (χ1n) is 6.29. The molecule has 0 aliphatic carbocycles. The molecule has 2 heterocycles. The van der Waals surface area contributed by atoms with E-state index in [1.807, 2.05) is 30.6 Å². The number of benzene rings is 1. The Balaban J connectivity index is 0.00000147. The van der Waals surface area contributed by atoms with E-state index >= 15 is 0 Å². The number of hydrogen-bond acceptors (Lipinski definition) is 1. The minimum atomic E-state index is 0. The second kappa shape index (κ2) is 6.17. The lowest BCUT2D eigenvalue weighted by Crippen LogP contribution is -3.00. The lowest BCUT2D eigenvalue weighted by molar-refractivity contribution is -0.740. The van der Waals surface area contributed by atoms with E-state index in [0.717, 1.165) is 0 Å². The zero-order valence-electron chi connectivity index (χ0n) is 11.5. The smallest absolute Gasteiger partial charge is 0.238 e. The highest BCUT2D eigenvalue weighted by Gasteiger charge is 2.19. The maximum absolute atomic E-state index is 4.07. The number of hydrogen-bond donors (Lipinski definition) is 0. The molecule has 0 aliphatic heterocycles. The second-order valence-electron chi connectivity index (χ2n) is 4.56. The molecule has 0 bridgehead atoms. The van der Waals surface area contributed by atoms with Gasteiger partial charge >= 0.3 is 0 Å². The molecule has 3 aromatic rings. The topological polar surface area (TPSA) is 21.7 Å². The maximum atomic E-state index is 4.07. The highest BCUT2D eigenvalue weighted by Crippen LogP contribution is 2.23. The molecule has 0 atom stereocenters. The molecule has 1 aromatic carbocycles. The van der Waals surface area contributed by atoms with Gasteiger partial charge in [-0.2, -0.15) is 4.68 Å². The van der Waals surface area contributed by atoms with Crippen molar-refractivity contribution in [3.05, 3.63) is 60.9 Å². The Morgan fingerprint density at radius 2 is 1.60 bits per heavy atom. The first-order chi connectivity index (χ1) is 9.27. The van der Waals surface area contributed by atoms with Crippen LogP contribution in [0, 0.1) is 0 Å². The van der Waals surface area contributed by atoms with Crippen LogP contribution in [0.2, 0.25) is 0 Å². The van der Waals surface area contributed by atoms with Gasteiger partial charge in [-0.25, -0.2) is 0 Å². The van der Waals surface area contributed by atoms with Crippen molar-refractivity contribution in [1.29, 1.82) is 0 Å². The van der Waals surface area contributed by atoms with Gasteiger partial charge in [-0.1, -0.05) is 18.2 Å². The van der Waals surface area contributed by atoms with Crippen LogP contribution in [0.5, 0.6) is 0 Å². The Morgan fingerprint density at radius 3 is 2.25 bits per heavy atom. The second-order valence-corrected chi connectivity index (χ2v) is 4.56. The molecule has 20 heavy (non-hydrogen) atoms. The molecule has 102 valence electrons. The van der Waals surface area contributed by atoms with Crippen molar-refractivity contribution in [1.82, 2.24) is 9.67 Å². The molecule has 0 unspecified atom stereocenters. The third-order valence-corrected chi connectivity index (χ3v) is 3.47. The summed E-state index contributed by atoms with van der Waals surface area (Å²) in [5.41, 5.74) is 4.79. The van der Waals surface area contributed by atoms with Gasteiger partial charge in [0.25, 0.3) is 0 Å². The van der Waals surface area contributed by atoms with Crippen LogP contribution in [-0.4, -0.2) is 9.67 Å². The van der Waals surface area contributed by atoms with Crippen LogP contribution >= 0.6 is 0 Å². The van der Waals surface area contributed by atoms with Gasteiger partial charge in [0.1, 0.15) is 5.69 Å². The Morgan fingerprint density at radius 1 is 0.950 bits per heavy atom. The Hall–Kier alpha value is -1.69. The molecule has 0 amide bonds. The number of halogens is 1. The van der Waals surface area contributed by atoms with E-state index in [-0.39, 0.29) is 24.0 Å². The first kappa shape index (κ1) is 14.7. The Kier molecular flexibility index (Phi) is 4.54. The van der Waals surface area contributed by atoms with Crippen molar-refractivity contribution in [2.75, 3.05) is 0 Å².